The zero-order chi connectivity index (χ0) is 20.7. The summed E-state index contributed by atoms with van der Waals surface area (Å²) >= 11 is 7.46. The number of amides is 2. The Hall–Kier alpha value is -2.19. The smallest absolute Gasteiger partial charge is 0.272 e. The maximum atomic E-state index is 13.0. The highest BCUT2D eigenvalue weighted by molar-refractivity contribution is 7.99. The summed E-state index contributed by atoms with van der Waals surface area (Å²) in [6.45, 7) is 5.83. The summed E-state index contributed by atoms with van der Waals surface area (Å²) in [4.78, 5) is 33.6. The van der Waals surface area contributed by atoms with E-state index < -0.39 is 23.7 Å². The third-order valence-corrected chi connectivity index (χ3v) is 4.67. The van der Waals surface area contributed by atoms with Gasteiger partial charge in [0.1, 0.15) is 11.9 Å². The first-order chi connectivity index (χ1) is 13.3. The molecule has 28 heavy (non-hydrogen) atoms. The van der Waals surface area contributed by atoms with E-state index in [0.717, 1.165) is 5.75 Å². The van der Waals surface area contributed by atoms with Crippen LogP contribution in [0, 0.1) is 11.7 Å². The molecule has 150 valence electrons. The van der Waals surface area contributed by atoms with Gasteiger partial charge in [-0.3, -0.25) is 9.59 Å². The van der Waals surface area contributed by atoms with Crippen molar-refractivity contribution in [2.24, 2.45) is 5.92 Å². The lowest BCUT2D eigenvalue weighted by atomic mass is 10.0. The molecule has 2 aromatic rings. The number of hydrogen-bond donors (Lipinski definition) is 2. The van der Waals surface area contributed by atoms with E-state index in [4.69, 9.17) is 11.6 Å². The number of thioether (sulfide) groups is 1. The Morgan fingerprint density at radius 1 is 1.25 bits per heavy atom. The molecule has 1 atom stereocenters. The molecule has 0 aliphatic carbocycles. The molecule has 1 aromatic heterocycles. The van der Waals surface area contributed by atoms with Crippen molar-refractivity contribution in [3.63, 3.8) is 0 Å². The molecule has 1 aromatic carbocycles. The van der Waals surface area contributed by atoms with Crippen molar-refractivity contribution in [3.8, 4) is 0 Å². The highest BCUT2D eigenvalue weighted by atomic mass is 35.5. The number of carbonyl (C=O) groups is 2. The molecule has 0 unspecified atom stereocenters. The summed E-state index contributed by atoms with van der Waals surface area (Å²) in [5, 5.41) is 5.93. The lowest BCUT2D eigenvalue weighted by Gasteiger charge is -2.20. The van der Waals surface area contributed by atoms with Gasteiger partial charge in [-0.25, -0.2) is 14.4 Å². The van der Waals surface area contributed by atoms with Crippen molar-refractivity contribution in [1.82, 2.24) is 15.3 Å². The van der Waals surface area contributed by atoms with Crippen molar-refractivity contribution in [3.05, 3.63) is 47.0 Å². The fourth-order valence-corrected chi connectivity index (χ4v) is 3.12. The molecule has 0 aliphatic rings. The number of aromatic nitrogens is 2. The van der Waals surface area contributed by atoms with Crippen molar-refractivity contribution in [2.75, 3.05) is 11.1 Å². The van der Waals surface area contributed by atoms with Crippen LogP contribution in [-0.2, 0) is 4.79 Å². The number of carbonyl (C=O) groups excluding carboxylic acids is 2. The highest BCUT2D eigenvalue weighted by Gasteiger charge is 2.25. The van der Waals surface area contributed by atoms with Crippen LogP contribution in [0.3, 0.4) is 0 Å². The summed E-state index contributed by atoms with van der Waals surface area (Å²) in [6.07, 6.45) is 1.79. The molecule has 9 heteroatoms. The molecular formula is C19H22ClFN4O2S. The first kappa shape index (κ1) is 22.1. The van der Waals surface area contributed by atoms with Crippen LogP contribution in [0.15, 0.2) is 35.6 Å². The van der Waals surface area contributed by atoms with E-state index in [9.17, 15) is 14.0 Å². The molecule has 1 heterocycles. The fourth-order valence-electron chi connectivity index (χ4n) is 2.40. The molecular weight excluding hydrogens is 403 g/mol. The second-order valence-corrected chi connectivity index (χ2v) is 8.07. The molecule has 2 N–H and O–H groups in total. The topological polar surface area (TPSA) is 84.0 Å². The molecule has 0 fully saturated rings. The second-order valence-electron chi connectivity index (χ2n) is 6.43. The zero-order valence-corrected chi connectivity index (χ0v) is 17.4. The van der Waals surface area contributed by atoms with Crippen LogP contribution < -0.4 is 10.6 Å². The Balaban J connectivity index is 2.16. The SMILES string of the molecule is CCSc1ncc(Cl)c(C(=O)N[C@@H](CC(C)C)C(=O)Nc2ccc(F)cc2)n1. The largest absolute Gasteiger partial charge is 0.339 e. The van der Waals surface area contributed by atoms with Crippen LogP contribution in [0.2, 0.25) is 5.02 Å². The monoisotopic (exact) mass is 424 g/mol. The van der Waals surface area contributed by atoms with Gasteiger partial charge in [-0.15, -0.1) is 0 Å². The lowest BCUT2D eigenvalue weighted by molar-refractivity contribution is -0.118. The van der Waals surface area contributed by atoms with Crippen molar-refractivity contribution >= 4 is 40.9 Å². The van der Waals surface area contributed by atoms with Gasteiger partial charge in [-0.2, -0.15) is 0 Å². The van der Waals surface area contributed by atoms with Crippen LogP contribution in [0.25, 0.3) is 0 Å². The predicted molar refractivity (Wildman–Crippen MR) is 109 cm³/mol. The fraction of sp³-hybridized carbons (Fsp3) is 0.368. The predicted octanol–water partition coefficient (Wildman–Crippen LogP) is 4.16. The van der Waals surface area contributed by atoms with E-state index in [1.54, 1.807) is 0 Å². The highest BCUT2D eigenvalue weighted by Crippen LogP contribution is 2.19. The third kappa shape index (κ3) is 6.45. The standard InChI is InChI=1S/C19H22ClFN4O2S/c1-4-28-19-22-10-14(20)16(25-19)18(27)24-15(9-11(2)3)17(26)23-13-7-5-12(21)6-8-13/h5-8,10-11,15H,4,9H2,1-3H3,(H,23,26)(H,24,27)/t15-/m0/s1. The number of nitrogens with zero attached hydrogens (tertiary/aromatic N) is 2. The van der Waals surface area contributed by atoms with Crippen LogP contribution in [-0.4, -0.2) is 33.6 Å². The Bertz CT molecular complexity index is 833. The summed E-state index contributed by atoms with van der Waals surface area (Å²) in [6, 6.07) is 4.61. The molecule has 0 saturated carbocycles. The Morgan fingerprint density at radius 3 is 2.54 bits per heavy atom. The normalized spacial score (nSPS) is 11.9. The van der Waals surface area contributed by atoms with E-state index in [2.05, 4.69) is 20.6 Å². The van der Waals surface area contributed by atoms with E-state index in [1.165, 1.54) is 42.2 Å². The van der Waals surface area contributed by atoms with Gasteiger partial charge in [0.25, 0.3) is 5.91 Å². The molecule has 0 bridgehead atoms. The Kier molecular flexibility index (Phi) is 8.19. The van der Waals surface area contributed by atoms with Gasteiger partial charge in [-0.05, 0) is 42.4 Å². The first-order valence-electron chi connectivity index (χ1n) is 8.82. The molecule has 0 spiro atoms. The average Bonchev–Trinajstić information content (AvgIpc) is 2.64. The molecule has 2 amide bonds. The van der Waals surface area contributed by atoms with Crippen molar-refractivity contribution in [2.45, 2.75) is 38.4 Å². The van der Waals surface area contributed by atoms with Crippen LogP contribution in [0.1, 0.15) is 37.7 Å². The maximum Gasteiger partial charge on any atom is 0.272 e. The van der Waals surface area contributed by atoms with Crippen LogP contribution >= 0.6 is 23.4 Å². The quantitative estimate of drug-likeness (QED) is 0.491. The van der Waals surface area contributed by atoms with Crippen molar-refractivity contribution in [1.29, 1.82) is 0 Å². The number of nitrogens with one attached hydrogen (secondary N) is 2. The Labute approximate surface area is 172 Å². The van der Waals surface area contributed by atoms with Gasteiger partial charge in [0.05, 0.1) is 11.2 Å². The minimum absolute atomic E-state index is 0.0240. The minimum Gasteiger partial charge on any atom is -0.339 e. The van der Waals surface area contributed by atoms with E-state index >= 15 is 0 Å². The summed E-state index contributed by atoms with van der Waals surface area (Å²) in [7, 11) is 0. The van der Waals surface area contributed by atoms with Gasteiger partial charge in [0.2, 0.25) is 5.91 Å². The van der Waals surface area contributed by atoms with Gasteiger partial charge in [0, 0.05) is 5.69 Å². The average molecular weight is 425 g/mol. The number of benzene rings is 1. The second kappa shape index (κ2) is 10.4. The van der Waals surface area contributed by atoms with Crippen LogP contribution in [0.4, 0.5) is 10.1 Å². The lowest BCUT2D eigenvalue weighted by Crippen LogP contribution is -2.45. The summed E-state index contributed by atoms with van der Waals surface area (Å²) < 4.78 is 13.0. The maximum absolute atomic E-state index is 13.0. The first-order valence-corrected chi connectivity index (χ1v) is 10.2. The van der Waals surface area contributed by atoms with E-state index in [1.807, 2.05) is 20.8 Å². The summed E-state index contributed by atoms with van der Waals surface area (Å²) in [5.74, 6) is -0.452. The van der Waals surface area contributed by atoms with Gasteiger partial charge < -0.3 is 10.6 Å². The zero-order valence-electron chi connectivity index (χ0n) is 15.8. The van der Waals surface area contributed by atoms with Crippen LogP contribution in [0.5, 0.6) is 0 Å². The van der Waals surface area contributed by atoms with Gasteiger partial charge in [-0.1, -0.05) is 44.1 Å². The third-order valence-electron chi connectivity index (χ3n) is 3.65. The van der Waals surface area contributed by atoms with Crippen molar-refractivity contribution < 1.29 is 14.0 Å². The van der Waals surface area contributed by atoms with E-state index in [-0.39, 0.29) is 16.6 Å². The molecule has 0 saturated heterocycles. The number of rotatable bonds is 8. The van der Waals surface area contributed by atoms with E-state index in [0.29, 0.717) is 17.3 Å². The van der Waals surface area contributed by atoms with Gasteiger partial charge >= 0.3 is 0 Å². The number of hydrogen-bond acceptors (Lipinski definition) is 5. The minimum atomic E-state index is -0.800. The number of halogens is 2. The molecule has 0 aliphatic heterocycles. The Morgan fingerprint density at radius 2 is 1.93 bits per heavy atom. The molecule has 0 radical (unpaired) electrons. The molecule has 2 rings (SSSR count). The van der Waals surface area contributed by atoms with Gasteiger partial charge in [0.15, 0.2) is 10.9 Å². The molecule has 6 nitrogen and oxygen atoms in total. The summed E-state index contributed by atoms with van der Waals surface area (Å²) in [5.41, 5.74) is 0.465. The number of anilines is 1.